The third-order valence-corrected chi connectivity index (χ3v) is 4.56. The van der Waals surface area contributed by atoms with Crippen molar-refractivity contribution in [2.24, 2.45) is 4.99 Å². The molecule has 0 radical (unpaired) electrons. The first-order chi connectivity index (χ1) is 9.97. The summed E-state index contributed by atoms with van der Waals surface area (Å²) in [5.74, 6) is 0.506. The fraction of sp³-hybridized carbons (Fsp3) is 0.400. The molecule has 0 unspecified atom stereocenters. The third kappa shape index (κ3) is 2.68. The number of carbonyl (C=O) groups is 2. The zero-order valence-electron chi connectivity index (χ0n) is 12.0. The summed E-state index contributed by atoms with van der Waals surface area (Å²) in [5.41, 5.74) is 1.47. The summed E-state index contributed by atoms with van der Waals surface area (Å²) in [5, 5.41) is 3.73. The van der Waals surface area contributed by atoms with Gasteiger partial charge in [-0.3, -0.25) is 9.69 Å². The van der Waals surface area contributed by atoms with E-state index in [0.717, 1.165) is 17.2 Å². The van der Waals surface area contributed by atoms with E-state index in [1.165, 1.54) is 10.5 Å². The minimum absolute atomic E-state index is 0.162. The summed E-state index contributed by atoms with van der Waals surface area (Å²) in [7, 11) is 0. The fourth-order valence-corrected chi connectivity index (χ4v) is 3.40. The fourth-order valence-electron chi connectivity index (χ4n) is 2.47. The average molecular weight is 303 g/mol. The quantitative estimate of drug-likeness (QED) is 0.872. The molecular weight excluding hydrogens is 286 g/mol. The molecule has 1 N–H and O–H groups in total. The molecule has 0 aromatic heterocycles. The second kappa shape index (κ2) is 5.18. The number of imide groups is 1. The first-order valence-corrected chi connectivity index (χ1v) is 7.88. The minimum atomic E-state index is -0.789. The average Bonchev–Trinajstić information content (AvgIpc) is 2.92. The van der Waals surface area contributed by atoms with Gasteiger partial charge in [0.15, 0.2) is 0 Å². The van der Waals surface area contributed by atoms with Gasteiger partial charge in [-0.15, -0.1) is 11.8 Å². The summed E-state index contributed by atoms with van der Waals surface area (Å²) in [6.07, 6.45) is 0.840. The number of carbonyl (C=O) groups excluding carboxylic acids is 2. The normalized spacial score (nSPS) is 19.5. The first kappa shape index (κ1) is 14.1. The van der Waals surface area contributed by atoms with Gasteiger partial charge >= 0.3 is 6.03 Å². The molecule has 5 nitrogen and oxygen atoms in total. The third-order valence-electron chi connectivity index (χ3n) is 3.61. The molecule has 2 aliphatic rings. The number of amides is 3. The van der Waals surface area contributed by atoms with E-state index >= 15 is 0 Å². The van der Waals surface area contributed by atoms with Crippen LogP contribution in [0, 0.1) is 0 Å². The highest BCUT2D eigenvalue weighted by molar-refractivity contribution is 8.14. The number of aliphatic imine (C=N–C) groups is 1. The lowest BCUT2D eigenvalue weighted by Gasteiger charge is -2.15. The maximum Gasteiger partial charge on any atom is 0.325 e. The molecule has 0 atom stereocenters. The lowest BCUT2D eigenvalue weighted by Crippen LogP contribution is -2.40. The van der Waals surface area contributed by atoms with Crippen LogP contribution in [0.4, 0.5) is 10.5 Å². The summed E-state index contributed by atoms with van der Waals surface area (Å²) < 4.78 is 0. The number of urea groups is 1. The molecule has 110 valence electrons. The molecule has 21 heavy (non-hydrogen) atoms. The Bertz CT molecular complexity index is 640. The number of fused-ring (bicyclic) bond motifs is 1. The lowest BCUT2D eigenvalue weighted by atomic mass is 10.1. The van der Waals surface area contributed by atoms with E-state index in [0.29, 0.717) is 12.3 Å². The number of benzene rings is 1. The van der Waals surface area contributed by atoms with Gasteiger partial charge in [0, 0.05) is 18.7 Å². The van der Waals surface area contributed by atoms with Crippen molar-refractivity contribution < 1.29 is 9.59 Å². The van der Waals surface area contributed by atoms with E-state index in [4.69, 9.17) is 0 Å². The van der Waals surface area contributed by atoms with E-state index < -0.39 is 5.54 Å². The van der Waals surface area contributed by atoms with Gasteiger partial charge in [0.05, 0.1) is 10.7 Å². The zero-order chi connectivity index (χ0) is 15.0. The molecule has 6 heteroatoms. The van der Waals surface area contributed by atoms with Crippen LogP contribution in [0.3, 0.4) is 0 Å². The first-order valence-electron chi connectivity index (χ1n) is 6.90. The molecule has 0 spiro atoms. The van der Waals surface area contributed by atoms with Crippen molar-refractivity contribution in [2.75, 3.05) is 12.3 Å². The second-order valence-electron chi connectivity index (χ2n) is 5.67. The van der Waals surface area contributed by atoms with Crippen molar-refractivity contribution in [3.63, 3.8) is 0 Å². The molecule has 1 aromatic rings. The number of para-hydroxylation sites is 1. The molecule has 0 aliphatic carbocycles. The van der Waals surface area contributed by atoms with Crippen molar-refractivity contribution in [3.05, 3.63) is 29.8 Å². The molecule has 2 heterocycles. The van der Waals surface area contributed by atoms with Gasteiger partial charge in [0.1, 0.15) is 5.54 Å². The number of hydrogen-bond donors (Lipinski definition) is 1. The van der Waals surface area contributed by atoms with Gasteiger partial charge in [-0.05, 0) is 25.5 Å². The van der Waals surface area contributed by atoms with E-state index in [9.17, 15) is 9.59 Å². The van der Waals surface area contributed by atoms with Gasteiger partial charge in [-0.2, -0.15) is 0 Å². The van der Waals surface area contributed by atoms with Gasteiger partial charge in [-0.25, -0.2) is 9.79 Å². The van der Waals surface area contributed by atoms with Crippen molar-refractivity contribution in [1.82, 2.24) is 10.2 Å². The van der Waals surface area contributed by atoms with Crippen LogP contribution in [0.25, 0.3) is 0 Å². The zero-order valence-corrected chi connectivity index (χ0v) is 12.9. The summed E-state index contributed by atoms with van der Waals surface area (Å²) in [4.78, 5) is 29.7. The Morgan fingerprint density at radius 1 is 1.33 bits per heavy atom. The molecule has 0 saturated carbocycles. The van der Waals surface area contributed by atoms with E-state index in [1.807, 2.05) is 18.2 Å². The number of hydrogen-bond acceptors (Lipinski definition) is 4. The molecule has 1 aromatic carbocycles. The summed E-state index contributed by atoms with van der Waals surface area (Å²) in [6, 6.07) is 7.76. The van der Waals surface area contributed by atoms with E-state index in [2.05, 4.69) is 16.4 Å². The molecule has 1 fully saturated rings. The highest BCUT2D eigenvalue weighted by Crippen LogP contribution is 2.29. The van der Waals surface area contributed by atoms with Crippen LogP contribution in [-0.4, -0.2) is 39.7 Å². The number of rotatable bonds is 3. The summed E-state index contributed by atoms with van der Waals surface area (Å²) in [6.45, 7) is 3.85. The van der Waals surface area contributed by atoms with Crippen LogP contribution in [0.15, 0.2) is 29.3 Å². The molecule has 1 saturated heterocycles. The number of nitrogens with zero attached hydrogens (tertiary/aromatic N) is 2. The minimum Gasteiger partial charge on any atom is -0.324 e. The van der Waals surface area contributed by atoms with Gasteiger partial charge in [0.25, 0.3) is 5.91 Å². The summed E-state index contributed by atoms with van der Waals surface area (Å²) >= 11 is 1.61. The van der Waals surface area contributed by atoms with Gasteiger partial charge in [-0.1, -0.05) is 18.2 Å². The monoisotopic (exact) mass is 303 g/mol. The lowest BCUT2D eigenvalue weighted by molar-refractivity contribution is -0.130. The smallest absolute Gasteiger partial charge is 0.324 e. The van der Waals surface area contributed by atoms with Crippen LogP contribution < -0.4 is 5.32 Å². The predicted octanol–water partition coefficient (Wildman–Crippen LogP) is 2.34. The van der Waals surface area contributed by atoms with E-state index in [-0.39, 0.29) is 11.9 Å². The van der Waals surface area contributed by atoms with Crippen LogP contribution in [0.5, 0.6) is 0 Å². The highest BCUT2D eigenvalue weighted by atomic mass is 32.2. The highest BCUT2D eigenvalue weighted by Gasteiger charge is 2.43. The maximum atomic E-state index is 12.0. The predicted molar refractivity (Wildman–Crippen MR) is 84.0 cm³/mol. The Labute approximate surface area is 127 Å². The Morgan fingerprint density at radius 2 is 2.10 bits per heavy atom. The van der Waals surface area contributed by atoms with Crippen molar-refractivity contribution >= 4 is 34.4 Å². The standard InChI is InChI=1S/C15H17N3O2S/c1-15(2)13(19)18(14(20)17-15)7-8-21-12-9-10-5-3-4-6-11(10)16-12/h3-6H,7-9H2,1-2H3,(H,17,20). The molecular formula is C15H17N3O2S. The molecule has 0 bridgehead atoms. The van der Waals surface area contributed by atoms with Crippen molar-refractivity contribution in [1.29, 1.82) is 0 Å². The van der Waals surface area contributed by atoms with Crippen LogP contribution in [0.1, 0.15) is 19.4 Å². The van der Waals surface area contributed by atoms with Gasteiger partial charge < -0.3 is 5.32 Å². The molecule has 2 aliphatic heterocycles. The second-order valence-corrected chi connectivity index (χ2v) is 6.84. The van der Waals surface area contributed by atoms with Crippen molar-refractivity contribution in [3.8, 4) is 0 Å². The largest absolute Gasteiger partial charge is 0.325 e. The topological polar surface area (TPSA) is 61.8 Å². The Morgan fingerprint density at radius 3 is 2.76 bits per heavy atom. The molecule has 3 amide bonds. The van der Waals surface area contributed by atoms with Crippen LogP contribution >= 0.6 is 11.8 Å². The molecule has 3 rings (SSSR count). The van der Waals surface area contributed by atoms with Crippen LogP contribution in [-0.2, 0) is 11.2 Å². The number of thioether (sulfide) groups is 1. The Balaban J connectivity index is 1.54. The maximum absolute atomic E-state index is 12.0. The van der Waals surface area contributed by atoms with Crippen LogP contribution in [0.2, 0.25) is 0 Å². The Hall–Kier alpha value is -1.82. The SMILES string of the molecule is CC1(C)NC(=O)N(CCSC2=Nc3ccccc3C2)C1=O. The van der Waals surface area contributed by atoms with Gasteiger partial charge in [0.2, 0.25) is 0 Å². The van der Waals surface area contributed by atoms with E-state index in [1.54, 1.807) is 25.6 Å². The Kier molecular flexibility index (Phi) is 3.49. The number of nitrogens with one attached hydrogen (secondary N) is 1. The van der Waals surface area contributed by atoms with Crippen molar-refractivity contribution in [2.45, 2.75) is 25.8 Å².